The van der Waals surface area contributed by atoms with Gasteiger partial charge in [-0.25, -0.2) is 9.59 Å². The lowest BCUT2D eigenvalue weighted by atomic mass is 10.6. The first-order chi connectivity index (χ1) is 9.47. The lowest BCUT2D eigenvalue weighted by molar-refractivity contribution is -0.0132. The molecule has 0 amide bonds. The largest absolute Gasteiger partial charge is 0.510 e. The van der Waals surface area contributed by atoms with E-state index in [-0.39, 0.29) is 6.16 Å². The normalized spacial score (nSPS) is 11.2. The van der Waals surface area contributed by atoms with Gasteiger partial charge in [0.2, 0.25) is 13.6 Å². The summed E-state index contributed by atoms with van der Waals surface area (Å²) >= 11 is 0. The smallest absolute Gasteiger partial charge is 0.438 e. The molecular weight excluding hydrogens is 295 g/mol. The highest BCUT2D eigenvalue weighted by atomic mass is 31.2. The van der Waals surface area contributed by atoms with Gasteiger partial charge in [0.25, 0.3) is 0 Å². The monoisotopic (exact) mass is 312 g/mol. The Hall–Kier alpha value is -1.57. The van der Waals surface area contributed by atoms with Crippen LogP contribution in [0.2, 0.25) is 0 Å². The first-order valence-corrected chi connectivity index (χ1v) is 7.11. The summed E-state index contributed by atoms with van der Waals surface area (Å²) in [5.74, 6) is 0. The molecular formula is C10H17O9P. The van der Waals surface area contributed by atoms with E-state index in [1.54, 1.807) is 13.0 Å². The van der Waals surface area contributed by atoms with E-state index in [1.165, 1.54) is 6.08 Å². The fraction of sp³-hybridized carbons (Fsp3) is 0.600. The zero-order valence-corrected chi connectivity index (χ0v) is 12.3. The van der Waals surface area contributed by atoms with Gasteiger partial charge in [-0.1, -0.05) is 12.2 Å². The second-order valence-corrected chi connectivity index (χ2v) is 5.16. The van der Waals surface area contributed by atoms with Crippen molar-refractivity contribution < 1.29 is 42.1 Å². The Kier molecular flexibility index (Phi) is 9.44. The van der Waals surface area contributed by atoms with Gasteiger partial charge < -0.3 is 18.9 Å². The van der Waals surface area contributed by atoms with Gasteiger partial charge in [-0.2, -0.15) is 0 Å². The van der Waals surface area contributed by atoms with Crippen molar-refractivity contribution in [3.05, 3.63) is 12.2 Å². The third kappa shape index (κ3) is 8.52. The van der Waals surface area contributed by atoms with E-state index in [4.69, 9.17) is 9.05 Å². The number of hydrogen-bond acceptors (Lipinski definition) is 9. The Bertz CT molecular complexity index is 353. The van der Waals surface area contributed by atoms with Crippen LogP contribution in [0.1, 0.15) is 6.92 Å². The summed E-state index contributed by atoms with van der Waals surface area (Å²) in [6, 6.07) is 0. The number of allylic oxidation sites excluding steroid dienone is 2. The number of methoxy groups -OCH3 is 2. The van der Waals surface area contributed by atoms with Crippen LogP contribution in [0.25, 0.3) is 0 Å². The average Bonchev–Trinajstić information content (AvgIpc) is 2.44. The molecule has 10 heteroatoms. The molecule has 0 unspecified atom stereocenters. The highest BCUT2D eigenvalue weighted by molar-refractivity contribution is 7.54. The van der Waals surface area contributed by atoms with Crippen molar-refractivity contribution in [3.63, 3.8) is 0 Å². The molecule has 0 heterocycles. The van der Waals surface area contributed by atoms with Crippen LogP contribution in [0.5, 0.6) is 0 Å². The predicted octanol–water partition coefficient (Wildman–Crippen LogP) is 2.27. The van der Waals surface area contributed by atoms with Gasteiger partial charge in [-0.3, -0.25) is 13.6 Å². The van der Waals surface area contributed by atoms with E-state index >= 15 is 0 Å². The summed E-state index contributed by atoms with van der Waals surface area (Å²) in [4.78, 5) is 21.4. The SMILES string of the molecule is C/C=C\CP(=O)(OCOC(=O)OC)OCOC(=O)OC. The molecule has 0 rings (SSSR count). The summed E-state index contributed by atoms with van der Waals surface area (Å²) in [5.41, 5.74) is 0. The van der Waals surface area contributed by atoms with Crippen molar-refractivity contribution in [1.82, 2.24) is 0 Å². The van der Waals surface area contributed by atoms with Crippen molar-refractivity contribution in [1.29, 1.82) is 0 Å². The average molecular weight is 312 g/mol. The molecule has 0 aliphatic heterocycles. The van der Waals surface area contributed by atoms with E-state index in [0.717, 1.165) is 14.2 Å². The molecule has 0 saturated carbocycles. The van der Waals surface area contributed by atoms with Gasteiger partial charge >= 0.3 is 19.9 Å². The molecule has 20 heavy (non-hydrogen) atoms. The molecule has 9 nitrogen and oxygen atoms in total. The Labute approximate surface area is 116 Å². The molecule has 0 aromatic heterocycles. The summed E-state index contributed by atoms with van der Waals surface area (Å²) in [7, 11) is -1.39. The van der Waals surface area contributed by atoms with Crippen molar-refractivity contribution in [2.75, 3.05) is 34.0 Å². The Morgan fingerprint density at radius 3 is 1.80 bits per heavy atom. The fourth-order valence-corrected chi connectivity index (χ4v) is 1.99. The predicted molar refractivity (Wildman–Crippen MR) is 66.2 cm³/mol. The molecule has 0 aromatic carbocycles. The number of carbonyl (C=O) groups excluding carboxylic acids is 2. The second-order valence-electron chi connectivity index (χ2n) is 3.05. The van der Waals surface area contributed by atoms with Crippen LogP contribution in [0.4, 0.5) is 9.59 Å². The van der Waals surface area contributed by atoms with E-state index in [9.17, 15) is 14.2 Å². The van der Waals surface area contributed by atoms with Crippen LogP contribution in [0, 0.1) is 0 Å². The lowest BCUT2D eigenvalue weighted by Crippen LogP contribution is -2.11. The number of hydrogen-bond donors (Lipinski definition) is 0. The summed E-state index contributed by atoms with van der Waals surface area (Å²) < 4.78 is 39.1. The standard InChI is InChI=1S/C10H17O9P/c1-4-5-6-20(13,18-7-16-9(11)14-2)19-8-17-10(12)15-3/h4-5H,6-8H2,1-3H3/b5-4-. The molecule has 0 saturated heterocycles. The van der Waals surface area contributed by atoms with Gasteiger partial charge in [0, 0.05) is 0 Å². The summed E-state index contributed by atoms with van der Waals surface area (Å²) in [6.07, 6.45) is 1.08. The van der Waals surface area contributed by atoms with E-state index in [2.05, 4.69) is 18.9 Å². The minimum absolute atomic E-state index is 0.0848. The molecule has 0 fully saturated rings. The van der Waals surface area contributed by atoms with Crippen LogP contribution in [-0.4, -0.2) is 46.3 Å². The van der Waals surface area contributed by atoms with Crippen LogP contribution in [0.15, 0.2) is 12.2 Å². The minimum atomic E-state index is -3.62. The number of carbonyl (C=O) groups is 2. The zero-order valence-electron chi connectivity index (χ0n) is 11.4. The molecule has 0 radical (unpaired) electrons. The first kappa shape index (κ1) is 18.4. The van der Waals surface area contributed by atoms with Crippen LogP contribution in [-0.2, 0) is 32.6 Å². The quantitative estimate of drug-likeness (QED) is 0.288. The van der Waals surface area contributed by atoms with Crippen molar-refractivity contribution in [2.24, 2.45) is 0 Å². The van der Waals surface area contributed by atoms with Gasteiger partial charge in [0.15, 0.2) is 0 Å². The summed E-state index contributed by atoms with van der Waals surface area (Å²) in [6.45, 7) is 0.458. The van der Waals surface area contributed by atoms with E-state index in [1.807, 2.05) is 0 Å². The maximum absolute atomic E-state index is 12.2. The van der Waals surface area contributed by atoms with Gasteiger partial charge in [0.05, 0.1) is 20.4 Å². The molecule has 0 aromatic rings. The molecule has 0 atom stereocenters. The van der Waals surface area contributed by atoms with Crippen molar-refractivity contribution >= 4 is 19.9 Å². The highest BCUT2D eigenvalue weighted by Gasteiger charge is 2.24. The summed E-state index contributed by atoms with van der Waals surface area (Å²) in [5, 5.41) is 0. The van der Waals surface area contributed by atoms with Gasteiger partial charge in [-0.05, 0) is 6.92 Å². The molecule has 0 N–H and O–H groups in total. The lowest BCUT2D eigenvalue weighted by Gasteiger charge is -2.16. The third-order valence-electron chi connectivity index (χ3n) is 1.75. The maximum atomic E-state index is 12.2. The Morgan fingerprint density at radius 2 is 1.45 bits per heavy atom. The Morgan fingerprint density at radius 1 is 1.00 bits per heavy atom. The molecule has 0 aliphatic carbocycles. The highest BCUT2D eigenvalue weighted by Crippen LogP contribution is 2.48. The van der Waals surface area contributed by atoms with Gasteiger partial charge in [-0.15, -0.1) is 0 Å². The second kappa shape index (κ2) is 10.2. The maximum Gasteiger partial charge on any atom is 0.510 e. The zero-order chi connectivity index (χ0) is 15.4. The van der Waals surface area contributed by atoms with Crippen molar-refractivity contribution in [3.8, 4) is 0 Å². The first-order valence-electron chi connectivity index (χ1n) is 5.38. The van der Waals surface area contributed by atoms with Gasteiger partial charge in [0.1, 0.15) is 0 Å². The van der Waals surface area contributed by atoms with E-state index in [0.29, 0.717) is 0 Å². The molecule has 0 aliphatic rings. The van der Waals surface area contributed by atoms with Crippen LogP contribution >= 0.6 is 7.60 Å². The molecule has 0 bridgehead atoms. The molecule has 0 spiro atoms. The van der Waals surface area contributed by atoms with Crippen LogP contribution in [0.3, 0.4) is 0 Å². The molecule has 116 valence electrons. The minimum Gasteiger partial charge on any atom is -0.438 e. The number of rotatable bonds is 8. The topological polar surface area (TPSA) is 107 Å². The Balaban J connectivity index is 4.31. The third-order valence-corrected chi connectivity index (χ3v) is 3.41. The fourth-order valence-electron chi connectivity index (χ4n) is 0.805. The van der Waals surface area contributed by atoms with E-state index < -0.39 is 33.5 Å². The van der Waals surface area contributed by atoms with Crippen LogP contribution < -0.4 is 0 Å². The van der Waals surface area contributed by atoms with Crippen molar-refractivity contribution in [2.45, 2.75) is 6.92 Å². The number of ether oxygens (including phenoxy) is 4.